The normalized spacial score (nSPS) is 37.2. The molecule has 2 aliphatic heterocycles. The molecule has 0 aromatic carbocycles. The lowest BCUT2D eigenvalue weighted by Crippen LogP contribution is -2.41. The number of amides is 1. The first kappa shape index (κ1) is 11.5. The van der Waals surface area contributed by atoms with Crippen molar-refractivity contribution in [2.45, 2.75) is 63.5 Å². The first-order chi connectivity index (χ1) is 8.34. The molecule has 3 atom stereocenters. The average molecular weight is 236 g/mol. The van der Waals surface area contributed by atoms with E-state index in [0.29, 0.717) is 18.0 Å². The Balaban J connectivity index is 1.57. The molecule has 2 heterocycles. The van der Waals surface area contributed by atoms with Crippen molar-refractivity contribution in [2.24, 2.45) is 5.92 Å². The molecule has 0 aromatic rings. The molecular formula is C14H24N2O. The van der Waals surface area contributed by atoms with Crippen LogP contribution in [0.1, 0.15) is 51.4 Å². The van der Waals surface area contributed by atoms with Gasteiger partial charge in [-0.25, -0.2) is 0 Å². The fraction of sp³-hybridized carbons (Fsp3) is 0.929. The zero-order valence-corrected chi connectivity index (χ0v) is 10.7. The molecule has 3 rings (SSSR count). The van der Waals surface area contributed by atoms with Gasteiger partial charge in [-0.05, 0) is 44.6 Å². The summed E-state index contributed by atoms with van der Waals surface area (Å²) in [5, 5.41) is 3.44. The predicted molar refractivity (Wildman–Crippen MR) is 67.7 cm³/mol. The van der Waals surface area contributed by atoms with E-state index in [0.717, 1.165) is 25.4 Å². The molecule has 96 valence electrons. The van der Waals surface area contributed by atoms with Crippen LogP contribution in [0.3, 0.4) is 0 Å². The molecule has 1 saturated carbocycles. The number of likely N-dealkylation sites (tertiary alicyclic amines) is 1. The largest absolute Gasteiger partial charge is 0.339 e. The van der Waals surface area contributed by atoms with E-state index >= 15 is 0 Å². The molecule has 0 bridgehead atoms. The van der Waals surface area contributed by atoms with Gasteiger partial charge < -0.3 is 10.2 Å². The van der Waals surface area contributed by atoms with Gasteiger partial charge in [0.05, 0.1) is 0 Å². The Kier molecular flexibility index (Phi) is 3.37. The van der Waals surface area contributed by atoms with Crippen molar-refractivity contribution in [2.75, 3.05) is 13.1 Å². The van der Waals surface area contributed by atoms with Gasteiger partial charge in [0.1, 0.15) is 0 Å². The highest BCUT2D eigenvalue weighted by Gasteiger charge is 2.38. The van der Waals surface area contributed by atoms with Crippen molar-refractivity contribution < 1.29 is 4.79 Å². The molecule has 2 saturated heterocycles. The molecule has 3 unspecified atom stereocenters. The standard InChI is InChI=1S/C14H24N2O/c17-14(10-12-5-3-8-15-12)16-9-7-11-4-1-2-6-13(11)16/h11-13,15H,1-10H2. The first-order valence-electron chi connectivity index (χ1n) is 7.37. The van der Waals surface area contributed by atoms with Crippen LogP contribution >= 0.6 is 0 Å². The van der Waals surface area contributed by atoms with Crippen molar-refractivity contribution in [1.82, 2.24) is 10.2 Å². The van der Waals surface area contributed by atoms with Gasteiger partial charge in [0.15, 0.2) is 0 Å². The zero-order chi connectivity index (χ0) is 11.7. The van der Waals surface area contributed by atoms with Gasteiger partial charge >= 0.3 is 0 Å². The van der Waals surface area contributed by atoms with Crippen LogP contribution < -0.4 is 5.32 Å². The second-order valence-electron chi connectivity index (χ2n) is 5.99. The third-order valence-corrected chi connectivity index (χ3v) is 4.91. The van der Waals surface area contributed by atoms with Crippen LogP contribution in [0.5, 0.6) is 0 Å². The van der Waals surface area contributed by atoms with Gasteiger partial charge in [0.25, 0.3) is 0 Å². The quantitative estimate of drug-likeness (QED) is 0.794. The number of nitrogens with zero attached hydrogens (tertiary/aromatic N) is 1. The number of hydrogen-bond donors (Lipinski definition) is 1. The number of fused-ring (bicyclic) bond motifs is 1. The Morgan fingerprint density at radius 2 is 2.00 bits per heavy atom. The maximum atomic E-state index is 12.3. The summed E-state index contributed by atoms with van der Waals surface area (Å²) in [4.78, 5) is 14.6. The summed E-state index contributed by atoms with van der Waals surface area (Å²) in [5.74, 6) is 1.24. The van der Waals surface area contributed by atoms with E-state index in [2.05, 4.69) is 10.2 Å². The Hall–Kier alpha value is -0.570. The van der Waals surface area contributed by atoms with Crippen LogP contribution in [0, 0.1) is 5.92 Å². The average Bonchev–Trinajstić information content (AvgIpc) is 2.96. The summed E-state index contributed by atoms with van der Waals surface area (Å²) in [7, 11) is 0. The summed E-state index contributed by atoms with van der Waals surface area (Å²) < 4.78 is 0. The van der Waals surface area contributed by atoms with Crippen molar-refractivity contribution in [3.63, 3.8) is 0 Å². The monoisotopic (exact) mass is 236 g/mol. The highest BCUT2D eigenvalue weighted by molar-refractivity contribution is 5.77. The maximum absolute atomic E-state index is 12.3. The van der Waals surface area contributed by atoms with E-state index in [9.17, 15) is 4.79 Å². The SMILES string of the molecule is O=C(CC1CCCN1)N1CCC2CCCCC21. The Morgan fingerprint density at radius 1 is 1.12 bits per heavy atom. The second-order valence-corrected chi connectivity index (χ2v) is 5.99. The number of rotatable bonds is 2. The van der Waals surface area contributed by atoms with E-state index in [4.69, 9.17) is 0 Å². The lowest BCUT2D eigenvalue weighted by molar-refractivity contribution is -0.133. The molecule has 1 aliphatic carbocycles. The summed E-state index contributed by atoms with van der Waals surface area (Å²) in [6.07, 6.45) is 9.75. The van der Waals surface area contributed by atoms with Crippen LogP contribution in [0.25, 0.3) is 0 Å². The minimum atomic E-state index is 0.416. The van der Waals surface area contributed by atoms with Gasteiger partial charge in [0, 0.05) is 25.0 Å². The van der Waals surface area contributed by atoms with Crippen molar-refractivity contribution in [1.29, 1.82) is 0 Å². The van der Waals surface area contributed by atoms with Crippen LogP contribution in [0.15, 0.2) is 0 Å². The van der Waals surface area contributed by atoms with Crippen LogP contribution in [0.4, 0.5) is 0 Å². The Bertz CT molecular complexity index is 286. The fourth-order valence-corrected chi connectivity index (χ4v) is 3.97. The van der Waals surface area contributed by atoms with E-state index in [1.54, 1.807) is 0 Å². The molecule has 3 heteroatoms. The Morgan fingerprint density at radius 3 is 2.82 bits per heavy atom. The van der Waals surface area contributed by atoms with Gasteiger partial charge in [-0.15, -0.1) is 0 Å². The van der Waals surface area contributed by atoms with Gasteiger partial charge in [0.2, 0.25) is 5.91 Å². The number of hydrogen-bond acceptors (Lipinski definition) is 2. The van der Waals surface area contributed by atoms with E-state index in [-0.39, 0.29) is 0 Å². The molecule has 3 aliphatic rings. The third kappa shape index (κ3) is 2.35. The molecule has 0 spiro atoms. The summed E-state index contributed by atoms with van der Waals surface area (Å²) in [5.41, 5.74) is 0. The van der Waals surface area contributed by atoms with Gasteiger partial charge in [-0.1, -0.05) is 12.8 Å². The molecule has 17 heavy (non-hydrogen) atoms. The van der Waals surface area contributed by atoms with Crippen LogP contribution in [0.2, 0.25) is 0 Å². The summed E-state index contributed by atoms with van der Waals surface area (Å²) in [6, 6.07) is 1.06. The van der Waals surface area contributed by atoms with Crippen molar-refractivity contribution >= 4 is 5.91 Å². The number of nitrogens with one attached hydrogen (secondary N) is 1. The summed E-state index contributed by atoms with van der Waals surface area (Å²) >= 11 is 0. The van der Waals surface area contributed by atoms with Crippen molar-refractivity contribution in [3.05, 3.63) is 0 Å². The van der Waals surface area contributed by atoms with Crippen LogP contribution in [-0.4, -0.2) is 36.0 Å². The molecule has 1 N–H and O–H groups in total. The molecule has 0 radical (unpaired) electrons. The summed E-state index contributed by atoms with van der Waals surface area (Å²) in [6.45, 7) is 2.13. The van der Waals surface area contributed by atoms with E-state index in [1.807, 2.05) is 0 Å². The minimum Gasteiger partial charge on any atom is -0.339 e. The molecular weight excluding hydrogens is 212 g/mol. The Labute approximate surface area is 104 Å². The lowest BCUT2D eigenvalue weighted by Gasteiger charge is -2.32. The predicted octanol–water partition coefficient (Wildman–Crippen LogP) is 1.92. The van der Waals surface area contributed by atoms with E-state index in [1.165, 1.54) is 44.9 Å². The highest BCUT2D eigenvalue weighted by Crippen LogP contribution is 2.36. The number of carbonyl (C=O) groups is 1. The molecule has 1 amide bonds. The smallest absolute Gasteiger partial charge is 0.224 e. The van der Waals surface area contributed by atoms with Crippen LogP contribution in [-0.2, 0) is 4.79 Å². The fourth-order valence-electron chi connectivity index (χ4n) is 3.97. The zero-order valence-electron chi connectivity index (χ0n) is 10.7. The second kappa shape index (κ2) is 4.97. The lowest BCUT2D eigenvalue weighted by atomic mass is 9.85. The van der Waals surface area contributed by atoms with Crippen molar-refractivity contribution in [3.8, 4) is 0 Å². The molecule has 3 fully saturated rings. The third-order valence-electron chi connectivity index (χ3n) is 4.91. The number of carbonyl (C=O) groups excluding carboxylic acids is 1. The first-order valence-corrected chi connectivity index (χ1v) is 7.37. The molecule has 3 nitrogen and oxygen atoms in total. The highest BCUT2D eigenvalue weighted by atomic mass is 16.2. The molecule has 0 aromatic heterocycles. The maximum Gasteiger partial charge on any atom is 0.224 e. The topological polar surface area (TPSA) is 32.3 Å². The van der Waals surface area contributed by atoms with E-state index < -0.39 is 0 Å². The minimum absolute atomic E-state index is 0.416. The van der Waals surface area contributed by atoms with Gasteiger partial charge in [-0.3, -0.25) is 4.79 Å². The van der Waals surface area contributed by atoms with Gasteiger partial charge in [-0.2, -0.15) is 0 Å².